The molecule has 4 N–H and O–H groups in total. The van der Waals surface area contributed by atoms with Crippen LogP contribution in [0, 0.1) is 0 Å². The van der Waals surface area contributed by atoms with Crippen molar-refractivity contribution in [3.8, 4) is 5.88 Å². The van der Waals surface area contributed by atoms with Crippen LogP contribution in [-0.2, 0) is 4.79 Å². The van der Waals surface area contributed by atoms with Gasteiger partial charge < -0.3 is 21.1 Å². The highest BCUT2D eigenvalue weighted by molar-refractivity contribution is 5.77. The van der Waals surface area contributed by atoms with Crippen molar-refractivity contribution in [1.29, 1.82) is 0 Å². The van der Waals surface area contributed by atoms with Crippen LogP contribution < -0.4 is 21.1 Å². The van der Waals surface area contributed by atoms with Crippen LogP contribution in [0.2, 0.25) is 0 Å². The minimum atomic E-state index is 0.00418. The van der Waals surface area contributed by atoms with Crippen LogP contribution in [0.25, 0.3) is 0 Å². The highest BCUT2D eigenvalue weighted by Gasteiger charge is 2.09. The van der Waals surface area contributed by atoms with Crippen LogP contribution in [0.1, 0.15) is 33.6 Å². The van der Waals surface area contributed by atoms with E-state index < -0.39 is 0 Å². The Morgan fingerprint density at radius 1 is 1.45 bits per heavy atom. The summed E-state index contributed by atoms with van der Waals surface area (Å²) in [6.45, 7) is 6.79. The summed E-state index contributed by atoms with van der Waals surface area (Å²) in [5.74, 6) is 0.846. The van der Waals surface area contributed by atoms with Gasteiger partial charge in [0.15, 0.2) is 5.82 Å². The van der Waals surface area contributed by atoms with Crippen molar-refractivity contribution in [2.24, 2.45) is 0 Å². The second-order valence-corrected chi connectivity index (χ2v) is 4.43. The number of rotatable bonds is 8. The topological polar surface area (TPSA) is 102 Å². The lowest BCUT2D eigenvalue weighted by Crippen LogP contribution is -2.33. The van der Waals surface area contributed by atoms with E-state index in [1.54, 1.807) is 0 Å². The molecule has 0 aliphatic carbocycles. The number of ether oxygens (including phenoxy) is 1. The van der Waals surface area contributed by atoms with E-state index in [0.29, 0.717) is 37.0 Å². The van der Waals surface area contributed by atoms with Gasteiger partial charge in [-0.25, -0.2) is 4.98 Å². The molecule has 0 bridgehead atoms. The molecular formula is C13H23N5O2. The molecule has 1 rings (SSSR count). The Bertz CT molecular complexity index is 439. The Hall–Kier alpha value is -2.05. The lowest BCUT2D eigenvalue weighted by atomic mass is 10.2. The largest absolute Gasteiger partial charge is 0.476 e. The van der Waals surface area contributed by atoms with E-state index in [-0.39, 0.29) is 11.9 Å². The molecule has 0 aromatic carbocycles. The Morgan fingerprint density at radius 3 is 2.85 bits per heavy atom. The van der Waals surface area contributed by atoms with Gasteiger partial charge in [-0.1, -0.05) is 6.92 Å². The lowest BCUT2D eigenvalue weighted by molar-refractivity contribution is -0.121. The summed E-state index contributed by atoms with van der Waals surface area (Å²) in [5.41, 5.74) is 6.23. The van der Waals surface area contributed by atoms with Crippen molar-refractivity contribution in [3.63, 3.8) is 0 Å². The molecule has 112 valence electrons. The Labute approximate surface area is 119 Å². The van der Waals surface area contributed by atoms with Gasteiger partial charge in [0.25, 0.3) is 0 Å². The number of hydrogen-bond acceptors (Lipinski definition) is 6. The molecular weight excluding hydrogens is 258 g/mol. The zero-order chi connectivity index (χ0) is 15.0. The Morgan fingerprint density at radius 2 is 2.20 bits per heavy atom. The van der Waals surface area contributed by atoms with Gasteiger partial charge in [-0.05, 0) is 20.3 Å². The first-order chi connectivity index (χ1) is 9.58. The molecule has 0 aliphatic rings. The average molecular weight is 281 g/mol. The molecule has 1 atom stereocenters. The van der Waals surface area contributed by atoms with Crippen molar-refractivity contribution in [2.45, 2.75) is 39.7 Å². The molecule has 1 aromatic heterocycles. The maximum Gasteiger partial charge on any atom is 0.242 e. The van der Waals surface area contributed by atoms with Crippen LogP contribution in [0.15, 0.2) is 6.33 Å². The average Bonchev–Trinajstić information content (AvgIpc) is 2.43. The molecule has 0 spiro atoms. The molecule has 7 nitrogen and oxygen atoms in total. The zero-order valence-electron chi connectivity index (χ0n) is 12.3. The number of nitrogens with two attached hydrogens (primary N) is 1. The van der Waals surface area contributed by atoms with E-state index in [4.69, 9.17) is 10.5 Å². The number of nitrogens with zero attached hydrogens (tertiary/aromatic N) is 2. The summed E-state index contributed by atoms with van der Waals surface area (Å²) < 4.78 is 5.28. The van der Waals surface area contributed by atoms with E-state index in [1.165, 1.54) is 6.33 Å². The minimum Gasteiger partial charge on any atom is -0.476 e. The van der Waals surface area contributed by atoms with E-state index in [2.05, 4.69) is 20.6 Å². The number of anilines is 2. The molecule has 0 fully saturated rings. The van der Waals surface area contributed by atoms with Gasteiger partial charge in [0, 0.05) is 19.0 Å². The van der Waals surface area contributed by atoms with E-state index in [9.17, 15) is 4.79 Å². The van der Waals surface area contributed by atoms with Crippen molar-refractivity contribution in [1.82, 2.24) is 15.3 Å². The van der Waals surface area contributed by atoms with Crippen molar-refractivity contribution in [3.05, 3.63) is 6.33 Å². The van der Waals surface area contributed by atoms with Gasteiger partial charge in [0.05, 0.1) is 6.61 Å². The van der Waals surface area contributed by atoms with Crippen molar-refractivity contribution >= 4 is 17.4 Å². The molecule has 0 aliphatic heterocycles. The van der Waals surface area contributed by atoms with Crippen LogP contribution in [0.3, 0.4) is 0 Å². The second kappa shape index (κ2) is 8.19. The Kier molecular flexibility index (Phi) is 6.55. The Balaban J connectivity index is 2.46. The highest BCUT2D eigenvalue weighted by atomic mass is 16.5. The SMILES string of the molecule is CCOc1ncnc(NCCC(=O)NC(C)CC)c1N. The van der Waals surface area contributed by atoms with Crippen LogP contribution >= 0.6 is 0 Å². The third-order valence-electron chi connectivity index (χ3n) is 2.79. The van der Waals surface area contributed by atoms with Gasteiger partial charge in [-0.2, -0.15) is 4.98 Å². The number of carbonyl (C=O) groups is 1. The van der Waals surface area contributed by atoms with Crippen LogP contribution in [-0.4, -0.2) is 35.1 Å². The fourth-order valence-corrected chi connectivity index (χ4v) is 1.52. The number of amides is 1. The monoisotopic (exact) mass is 281 g/mol. The van der Waals surface area contributed by atoms with Gasteiger partial charge in [0.2, 0.25) is 11.8 Å². The van der Waals surface area contributed by atoms with Crippen LogP contribution in [0.5, 0.6) is 5.88 Å². The van der Waals surface area contributed by atoms with Gasteiger partial charge in [0.1, 0.15) is 12.0 Å². The number of aromatic nitrogens is 2. The summed E-state index contributed by atoms with van der Waals surface area (Å²) in [6.07, 6.45) is 2.65. The minimum absolute atomic E-state index is 0.00418. The first-order valence-corrected chi connectivity index (χ1v) is 6.84. The number of nitrogen functional groups attached to an aromatic ring is 1. The summed E-state index contributed by atoms with van der Waals surface area (Å²) in [5, 5.41) is 5.91. The number of hydrogen-bond donors (Lipinski definition) is 3. The maximum absolute atomic E-state index is 11.6. The van der Waals surface area contributed by atoms with E-state index in [1.807, 2.05) is 20.8 Å². The molecule has 1 amide bonds. The summed E-state index contributed by atoms with van der Waals surface area (Å²) >= 11 is 0. The van der Waals surface area contributed by atoms with Crippen molar-refractivity contribution in [2.75, 3.05) is 24.2 Å². The van der Waals surface area contributed by atoms with Gasteiger partial charge in [-0.15, -0.1) is 0 Å². The quantitative estimate of drug-likeness (QED) is 0.661. The molecule has 1 unspecified atom stereocenters. The molecule has 0 radical (unpaired) electrons. The predicted octanol–water partition coefficient (Wildman–Crippen LogP) is 1.17. The third-order valence-corrected chi connectivity index (χ3v) is 2.79. The summed E-state index contributed by atoms with van der Waals surface area (Å²) in [7, 11) is 0. The van der Waals surface area contributed by atoms with E-state index >= 15 is 0 Å². The second-order valence-electron chi connectivity index (χ2n) is 4.43. The standard InChI is InChI=1S/C13H23N5O2/c1-4-9(3)18-10(19)6-7-15-12-11(14)13(20-5-2)17-8-16-12/h8-9H,4-7,14H2,1-3H3,(H,18,19)(H,15,16,17). The first kappa shape index (κ1) is 16.0. The smallest absolute Gasteiger partial charge is 0.242 e. The van der Waals surface area contributed by atoms with Gasteiger partial charge >= 0.3 is 0 Å². The predicted molar refractivity (Wildman–Crippen MR) is 78.6 cm³/mol. The number of nitrogens with one attached hydrogen (secondary N) is 2. The lowest BCUT2D eigenvalue weighted by Gasteiger charge is -2.13. The number of carbonyl (C=O) groups excluding carboxylic acids is 1. The molecule has 7 heteroatoms. The van der Waals surface area contributed by atoms with E-state index in [0.717, 1.165) is 6.42 Å². The molecule has 1 heterocycles. The summed E-state index contributed by atoms with van der Waals surface area (Å²) in [6, 6.07) is 0.191. The normalized spacial score (nSPS) is 11.8. The van der Waals surface area contributed by atoms with Gasteiger partial charge in [-0.3, -0.25) is 4.79 Å². The summed E-state index contributed by atoms with van der Waals surface area (Å²) in [4.78, 5) is 19.6. The fourth-order valence-electron chi connectivity index (χ4n) is 1.52. The maximum atomic E-state index is 11.6. The molecule has 0 saturated heterocycles. The van der Waals surface area contributed by atoms with Crippen LogP contribution in [0.4, 0.5) is 11.5 Å². The van der Waals surface area contributed by atoms with Crippen molar-refractivity contribution < 1.29 is 9.53 Å². The molecule has 20 heavy (non-hydrogen) atoms. The highest BCUT2D eigenvalue weighted by Crippen LogP contribution is 2.24. The molecule has 0 saturated carbocycles. The molecule has 1 aromatic rings. The third kappa shape index (κ3) is 4.91. The first-order valence-electron chi connectivity index (χ1n) is 6.84. The fraction of sp³-hybridized carbons (Fsp3) is 0.615. The zero-order valence-corrected chi connectivity index (χ0v) is 12.3.